The van der Waals surface area contributed by atoms with Crippen LogP contribution >= 0.6 is 11.3 Å². The van der Waals surface area contributed by atoms with Crippen LogP contribution in [0.2, 0.25) is 0 Å². The van der Waals surface area contributed by atoms with E-state index in [9.17, 15) is 4.79 Å². The van der Waals surface area contributed by atoms with E-state index < -0.39 is 0 Å². The first-order chi connectivity index (χ1) is 14.0. The van der Waals surface area contributed by atoms with Gasteiger partial charge in [0.25, 0.3) is 5.91 Å². The van der Waals surface area contributed by atoms with Crippen molar-refractivity contribution in [2.24, 2.45) is 0 Å². The molecule has 0 radical (unpaired) electrons. The van der Waals surface area contributed by atoms with Gasteiger partial charge in [0.15, 0.2) is 5.82 Å². The fourth-order valence-electron chi connectivity index (χ4n) is 3.42. The van der Waals surface area contributed by atoms with Crippen LogP contribution in [0.3, 0.4) is 0 Å². The molecular formula is C20H23N7OS. The lowest BCUT2D eigenvalue weighted by molar-refractivity contribution is 0.0705. The second kappa shape index (κ2) is 8.20. The minimum absolute atomic E-state index is 0.0598. The lowest BCUT2D eigenvalue weighted by atomic mass is 9.93. The topological polar surface area (TPSA) is 96.8 Å². The molecule has 1 aliphatic heterocycles. The molecule has 0 aliphatic carbocycles. The van der Waals surface area contributed by atoms with Gasteiger partial charge in [0.05, 0.1) is 21.8 Å². The molecule has 3 aromatic rings. The Kier molecular flexibility index (Phi) is 5.48. The van der Waals surface area contributed by atoms with Crippen molar-refractivity contribution >= 4 is 23.1 Å². The third-order valence-corrected chi connectivity index (χ3v) is 5.95. The molecule has 0 spiro atoms. The molecule has 3 aromatic heterocycles. The van der Waals surface area contributed by atoms with Gasteiger partial charge in [-0.05, 0) is 26.7 Å². The molecular weight excluding hydrogens is 386 g/mol. The van der Waals surface area contributed by atoms with E-state index in [4.69, 9.17) is 4.98 Å². The van der Waals surface area contributed by atoms with Crippen molar-refractivity contribution in [3.63, 3.8) is 0 Å². The first-order valence-electron chi connectivity index (χ1n) is 9.61. The van der Waals surface area contributed by atoms with Gasteiger partial charge in [-0.1, -0.05) is 0 Å². The van der Waals surface area contributed by atoms with Gasteiger partial charge in [-0.2, -0.15) is 0 Å². The molecule has 4 rings (SSSR count). The Hall–Kier alpha value is -2.94. The van der Waals surface area contributed by atoms with Crippen molar-refractivity contribution in [3.05, 3.63) is 46.7 Å². The van der Waals surface area contributed by atoms with Crippen LogP contribution in [0.25, 0.3) is 10.7 Å². The first-order valence-corrected chi connectivity index (χ1v) is 10.4. The van der Waals surface area contributed by atoms with Crippen molar-refractivity contribution in [3.8, 4) is 10.7 Å². The van der Waals surface area contributed by atoms with E-state index in [1.165, 1.54) is 0 Å². The number of aryl methyl sites for hydroxylation is 2. The van der Waals surface area contributed by atoms with E-state index in [1.807, 2.05) is 38.1 Å². The minimum Gasteiger partial charge on any atom is -0.373 e. The summed E-state index contributed by atoms with van der Waals surface area (Å²) in [7, 11) is 1.86. The van der Waals surface area contributed by atoms with Crippen LogP contribution in [0.15, 0.2) is 24.7 Å². The van der Waals surface area contributed by atoms with Gasteiger partial charge in [0.2, 0.25) is 0 Å². The van der Waals surface area contributed by atoms with Gasteiger partial charge >= 0.3 is 0 Å². The monoisotopic (exact) mass is 409 g/mol. The number of amides is 1. The number of rotatable bonds is 4. The number of nitrogens with zero attached hydrogens (tertiary/aromatic N) is 6. The number of piperidine rings is 1. The van der Waals surface area contributed by atoms with Crippen LogP contribution in [0.1, 0.15) is 45.6 Å². The standard InChI is InChI=1S/C20H23N7OS/c1-12-9-24-16(10-22-12)20(28)27-6-4-14(5-7-27)15-8-18(21-3)26-19(25-15)17-11-23-13(2)29-17/h8-11,14H,4-7H2,1-3H3,(H,21,25,26). The Morgan fingerprint density at radius 2 is 1.90 bits per heavy atom. The predicted molar refractivity (Wildman–Crippen MR) is 112 cm³/mol. The molecule has 0 bridgehead atoms. The van der Waals surface area contributed by atoms with Gasteiger partial charge in [0.1, 0.15) is 11.5 Å². The van der Waals surface area contributed by atoms with Gasteiger partial charge in [-0.15, -0.1) is 11.3 Å². The normalized spacial score (nSPS) is 14.8. The van der Waals surface area contributed by atoms with E-state index in [1.54, 1.807) is 23.7 Å². The summed E-state index contributed by atoms with van der Waals surface area (Å²) < 4.78 is 0. The number of carbonyl (C=O) groups excluding carboxylic acids is 1. The molecule has 0 aromatic carbocycles. The first kappa shape index (κ1) is 19.4. The summed E-state index contributed by atoms with van der Waals surface area (Å²) in [5.74, 6) is 1.72. The maximum Gasteiger partial charge on any atom is 0.274 e. The number of hydrogen-bond donors (Lipinski definition) is 1. The van der Waals surface area contributed by atoms with E-state index in [2.05, 4.69) is 25.3 Å². The quantitative estimate of drug-likeness (QED) is 0.707. The van der Waals surface area contributed by atoms with Gasteiger partial charge in [-0.25, -0.2) is 19.9 Å². The number of likely N-dealkylation sites (tertiary alicyclic amines) is 1. The average Bonchev–Trinajstić information content (AvgIpc) is 3.20. The van der Waals surface area contributed by atoms with Crippen LogP contribution in [0.5, 0.6) is 0 Å². The van der Waals surface area contributed by atoms with Crippen molar-refractivity contribution in [2.75, 3.05) is 25.5 Å². The zero-order valence-electron chi connectivity index (χ0n) is 16.7. The predicted octanol–water partition coefficient (Wildman–Crippen LogP) is 3.07. The molecule has 1 saturated heterocycles. The molecule has 1 N–H and O–H groups in total. The van der Waals surface area contributed by atoms with Crippen molar-refractivity contribution in [1.29, 1.82) is 0 Å². The number of thiazole rings is 1. The molecule has 29 heavy (non-hydrogen) atoms. The number of carbonyl (C=O) groups is 1. The molecule has 1 aliphatic rings. The molecule has 0 unspecified atom stereocenters. The molecule has 8 nitrogen and oxygen atoms in total. The molecule has 1 fully saturated rings. The van der Waals surface area contributed by atoms with Crippen LogP contribution in [-0.2, 0) is 0 Å². The third-order valence-electron chi connectivity index (χ3n) is 5.04. The second-order valence-corrected chi connectivity index (χ2v) is 8.34. The van der Waals surface area contributed by atoms with Crippen molar-refractivity contribution in [2.45, 2.75) is 32.6 Å². The highest BCUT2D eigenvalue weighted by atomic mass is 32.1. The smallest absolute Gasteiger partial charge is 0.274 e. The van der Waals surface area contributed by atoms with Gasteiger partial charge in [-0.3, -0.25) is 9.78 Å². The fraction of sp³-hybridized carbons (Fsp3) is 0.400. The van der Waals surface area contributed by atoms with Crippen LogP contribution in [-0.4, -0.2) is 55.9 Å². The number of nitrogens with one attached hydrogen (secondary N) is 1. The van der Waals surface area contributed by atoms with E-state index in [-0.39, 0.29) is 11.8 Å². The van der Waals surface area contributed by atoms with E-state index >= 15 is 0 Å². The molecule has 9 heteroatoms. The van der Waals surface area contributed by atoms with Crippen LogP contribution in [0, 0.1) is 13.8 Å². The van der Waals surface area contributed by atoms with Crippen LogP contribution in [0.4, 0.5) is 5.82 Å². The minimum atomic E-state index is -0.0598. The summed E-state index contributed by atoms with van der Waals surface area (Å²) in [6.07, 6.45) is 6.71. The molecule has 1 amide bonds. The maximum absolute atomic E-state index is 12.7. The molecule has 150 valence electrons. The Morgan fingerprint density at radius 3 is 2.52 bits per heavy atom. The number of aromatic nitrogens is 5. The summed E-state index contributed by atoms with van der Waals surface area (Å²) >= 11 is 1.59. The van der Waals surface area contributed by atoms with Crippen LogP contribution < -0.4 is 5.32 Å². The van der Waals surface area contributed by atoms with Crippen molar-refractivity contribution < 1.29 is 4.79 Å². The SMILES string of the molecule is CNc1cc(C2CCN(C(=O)c3cnc(C)cn3)CC2)nc(-c2cnc(C)s2)n1. The highest BCUT2D eigenvalue weighted by Gasteiger charge is 2.27. The Labute approximate surface area is 173 Å². The zero-order chi connectivity index (χ0) is 20.4. The largest absolute Gasteiger partial charge is 0.373 e. The van der Waals surface area contributed by atoms with Gasteiger partial charge < -0.3 is 10.2 Å². The fourth-order valence-corrected chi connectivity index (χ4v) is 4.13. The summed E-state index contributed by atoms with van der Waals surface area (Å²) in [6.45, 7) is 5.18. The summed E-state index contributed by atoms with van der Waals surface area (Å²) in [5.41, 5.74) is 2.21. The maximum atomic E-state index is 12.7. The Bertz CT molecular complexity index is 1010. The molecule has 4 heterocycles. The Balaban J connectivity index is 1.49. The summed E-state index contributed by atoms with van der Waals surface area (Å²) in [6, 6.07) is 2.00. The lowest BCUT2D eigenvalue weighted by Gasteiger charge is -2.31. The Morgan fingerprint density at radius 1 is 1.10 bits per heavy atom. The van der Waals surface area contributed by atoms with Crippen molar-refractivity contribution in [1.82, 2.24) is 29.8 Å². The van der Waals surface area contributed by atoms with E-state index in [0.29, 0.717) is 24.6 Å². The number of anilines is 1. The van der Waals surface area contributed by atoms with E-state index in [0.717, 1.165) is 39.9 Å². The average molecular weight is 410 g/mol. The summed E-state index contributed by atoms with van der Waals surface area (Å²) in [4.78, 5) is 37.6. The second-order valence-electron chi connectivity index (χ2n) is 7.10. The zero-order valence-corrected chi connectivity index (χ0v) is 17.5. The van der Waals surface area contributed by atoms with Gasteiger partial charge in [0, 0.05) is 50.2 Å². The highest BCUT2D eigenvalue weighted by Crippen LogP contribution is 2.31. The molecule has 0 atom stereocenters. The third kappa shape index (κ3) is 4.24. The summed E-state index contributed by atoms with van der Waals surface area (Å²) in [5, 5.41) is 4.12. The number of hydrogen-bond acceptors (Lipinski definition) is 8. The lowest BCUT2D eigenvalue weighted by Crippen LogP contribution is -2.38. The highest BCUT2D eigenvalue weighted by molar-refractivity contribution is 7.14. The molecule has 0 saturated carbocycles.